The molecule has 6 rings (SSSR count). The lowest BCUT2D eigenvalue weighted by atomic mass is 9.83. The first kappa shape index (κ1) is 21.5. The maximum atomic E-state index is 13.9. The Bertz CT molecular complexity index is 1470. The van der Waals surface area contributed by atoms with Crippen molar-refractivity contribution in [1.82, 2.24) is 24.5 Å². The summed E-state index contributed by atoms with van der Waals surface area (Å²) in [5, 5.41) is 8.62. The van der Waals surface area contributed by atoms with E-state index in [2.05, 4.69) is 10.3 Å². The van der Waals surface area contributed by atoms with E-state index >= 15 is 0 Å². The van der Waals surface area contributed by atoms with Gasteiger partial charge in [0.25, 0.3) is 11.5 Å². The topological polar surface area (TPSA) is 73.0 Å². The van der Waals surface area contributed by atoms with Crippen LogP contribution < -0.4 is 5.56 Å². The highest BCUT2D eigenvalue weighted by molar-refractivity contribution is 5.98. The average molecular weight is 470 g/mol. The molecule has 2 bridgehead atoms. The number of hydrogen-bond acceptors (Lipinski definition) is 4. The van der Waals surface area contributed by atoms with Gasteiger partial charge in [-0.1, -0.05) is 41.1 Å². The maximum Gasteiger partial charge on any atom is 0.276 e. The molecule has 0 radical (unpaired) electrons. The molecule has 2 aliphatic rings. The molecule has 4 aromatic rings. The van der Waals surface area contributed by atoms with Gasteiger partial charge >= 0.3 is 0 Å². The van der Waals surface area contributed by atoms with E-state index in [4.69, 9.17) is 0 Å². The minimum absolute atomic E-state index is 0.0147. The zero-order valence-electron chi connectivity index (χ0n) is 19.3. The van der Waals surface area contributed by atoms with Crippen LogP contribution in [0.3, 0.4) is 0 Å². The number of pyridine rings is 1. The van der Waals surface area contributed by atoms with Crippen molar-refractivity contribution in [2.24, 2.45) is 5.92 Å². The first-order valence-electron chi connectivity index (χ1n) is 11.8. The average Bonchev–Trinajstić information content (AvgIpc) is 3.30. The van der Waals surface area contributed by atoms with Gasteiger partial charge in [0.2, 0.25) is 0 Å². The highest BCUT2D eigenvalue weighted by Gasteiger charge is 2.38. The van der Waals surface area contributed by atoms with Crippen molar-refractivity contribution in [3.05, 3.63) is 99.9 Å². The van der Waals surface area contributed by atoms with Gasteiger partial charge in [-0.05, 0) is 49.6 Å². The van der Waals surface area contributed by atoms with Gasteiger partial charge in [-0.25, -0.2) is 9.07 Å². The molecule has 2 aromatic carbocycles. The third kappa shape index (κ3) is 3.75. The summed E-state index contributed by atoms with van der Waals surface area (Å²) in [6.07, 6.45) is 0.959. The van der Waals surface area contributed by atoms with E-state index in [0.29, 0.717) is 31.0 Å². The molecule has 1 amide bonds. The molecule has 35 heavy (non-hydrogen) atoms. The Morgan fingerprint density at radius 1 is 0.971 bits per heavy atom. The Labute approximate surface area is 201 Å². The van der Waals surface area contributed by atoms with Gasteiger partial charge in [-0.15, -0.1) is 5.10 Å². The van der Waals surface area contributed by atoms with Gasteiger partial charge in [0, 0.05) is 42.9 Å². The van der Waals surface area contributed by atoms with E-state index in [0.717, 1.165) is 23.2 Å². The summed E-state index contributed by atoms with van der Waals surface area (Å²) >= 11 is 0. The number of piperidine rings is 1. The fourth-order valence-corrected chi connectivity index (χ4v) is 5.37. The normalized spacial score (nSPS) is 18.9. The molecule has 7 nitrogen and oxygen atoms in total. The van der Waals surface area contributed by atoms with Gasteiger partial charge < -0.3 is 9.47 Å². The fourth-order valence-electron chi connectivity index (χ4n) is 5.37. The predicted molar refractivity (Wildman–Crippen MR) is 129 cm³/mol. The molecule has 0 aliphatic carbocycles. The summed E-state index contributed by atoms with van der Waals surface area (Å²) in [6, 6.07) is 19.2. The van der Waals surface area contributed by atoms with E-state index in [-0.39, 0.29) is 34.8 Å². The number of amides is 1. The number of nitrogens with zero attached hydrogens (tertiary/aromatic N) is 5. The summed E-state index contributed by atoms with van der Waals surface area (Å²) in [4.78, 5) is 28.0. The number of hydrogen-bond donors (Lipinski definition) is 0. The number of benzene rings is 2. The van der Waals surface area contributed by atoms with Crippen LogP contribution in [0.1, 0.15) is 34.1 Å². The van der Waals surface area contributed by atoms with Gasteiger partial charge in [0.1, 0.15) is 11.5 Å². The molecule has 8 heteroatoms. The van der Waals surface area contributed by atoms with E-state index in [9.17, 15) is 14.0 Å². The highest BCUT2D eigenvalue weighted by Crippen LogP contribution is 2.36. The van der Waals surface area contributed by atoms with Crippen LogP contribution in [0.5, 0.6) is 0 Å². The van der Waals surface area contributed by atoms with Crippen molar-refractivity contribution in [2.75, 3.05) is 13.1 Å². The minimum atomic E-state index is -0.346. The standard InChI is InChI=1S/C27H24FN5O2/c1-17-5-7-19(8-6-17)26-25(29-30-33(26)22-11-9-21(28)10-12-22)27(35)31-14-18-13-20(16-31)23-3-2-4-24(34)32(23)15-18/h2-12,18,20H,13-16H2,1H3/t18-,20-/m1/s1. The van der Waals surface area contributed by atoms with Crippen molar-refractivity contribution in [1.29, 1.82) is 0 Å². The third-order valence-corrected chi connectivity index (χ3v) is 7.04. The monoisotopic (exact) mass is 469 g/mol. The Balaban J connectivity index is 1.40. The Morgan fingerprint density at radius 3 is 2.51 bits per heavy atom. The zero-order valence-corrected chi connectivity index (χ0v) is 19.3. The summed E-state index contributed by atoms with van der Waals surface area (Å²) in [5.41, 5.74) is 4.37. The Hall–Kier alpha value is -4.07. The lowest BCUT2D eigenvalue weighted by Gasteiger charge is -2.42. The molecule has 1 saturated heterocycles. The van der Waals surface area contributed by atoms with E-state index in [1.54, 1.807) is 28.9 Å². The van der Waals surface area contributed by atoms with E-state index < -0.39 is 0 Å². The van der Waals surface area contributed by atoms with Crippen LogP contribution >= 0.6 is 0 Å². The molecule has 2 atom stereocenters. The van der Waals surface area contributed by atoms with Crippen LogP contribution in [0.4, 0.5) is 4.39 Å². The lowest BCUT2D eigenvalue weighted by molar-refractivity contribution is 0.0589. The zero-order chi connectivity index (χ0) is 24.1. The van der Waals surface area contributed by atoms with E-state index in [1.165, 1.54) is 12.1 Å². The number of aromatic nitrogens is 4. The minimum Gasteiger partial charge on any atom is -0.336 e. The first-order chi connectivity index (χ1) is 17.0. The SMILES string of the molecule is Cc1ccc(-c2c(C(=O)N3C[C@H]4C[C@H](C3)c3cccc(=O)n3C4)nnn2-c2ccc(F)cc2)cc1. The molecule has 2 aliphatic heterocycles. The van der Waals surface area contributed by atoms with Crippen LogP contribution in [0.15, 0.2) is 71.5 Å². The van der Waals surface area contributed by atoms with Crippen LogP contribution in [0.25, 0.3) is 16.9 Å². The number of carbonyl (C=O) groups excluding carboxylic acids is 1. The van der Waals surface area contributed by atoms with Crippen molar-refractivity contribution in [2.45, 2.75) is 25.8 Å². The Morgan fingerprint density at radius 2 is 1.74 bits per heavy atom. The smallest absolute Gasteiger partial charge is 0.276 e. The van der Waals surface area contributed by atoms with Gasteiger partial charge in [-0.3, -0.25) is 9.59 Å². The second kappa shape index (κ2) is 8.30. The molecule has 0 saturated carbocycles. The summed E-state index contributed by atoms with van der Waals surface area (Å²) in [6.45, 7) is 3.70. The van der Waals surface area contributed by atoms with Crippen molar-refractivity contribution in [3.8, 4) is 16.9 Å². The largest absolute Gasteiger partial charge is 0.336 e. The molecule has 1 fully saturated rings. The molecular formula is C27H24FN5O2. The molecular weight excluding hydrogens is 445 g/mol. The number of halogens is 1. The third-order valence-electron chi connectivity index (χ3n) is 7.04. The van der Waals surface area contributed by atoms with E-state index in [1.807, 2.05) is 46.7 Å². The Kier molecular flexibility index (Phi) is 5.09. The predicted octanol–water partition coefficient (Wildman–Crippen LogP) is 3.80. The second-order valence-electron chi connectivity index (χ2n) is 9.45. The summed E-state index contributed by atoms with van der Waals surface area (Å²) in [5.74, 6) is -0.216. The molecule has 2 aromatic heterocycles. The van der Waals surface area contributed by atoms with Gasteiger partial charge in [-0.2, -0.15) is 0 Å². The van der Waals surface area contributed by atoms with Crippen LogP contribution in [0, 0.1) is 18.7 Å². The number of fused-ring (bicyclic) bond motifs is 4. The maximum absolute atomic E-state index is 13.9. The van der Waals surface area contributed by atoms with Gasteiger partial charge in [0.15, 0.2) is 5.69 Å². The highest BCUT2D eigenvalue weighted by atomic mass is 19.1. The number of rotatable bonds is 3. The van der Waals surface area contributed by atoms with Crippen LogP contribution in [0.2, 0.25) is 0 Å². The summed E-state index contributed by atoms with van der Waals surface area (Å²) < 4.78 is 17.0. The molecule has 176 valence electrons. The second-order valence-corrected chi connectivity index (χ2v) is 9.45. The number of carbonyl (C=O) groups is 1. The van der Waals surface area contributed by atoms with Crippen molar-refractivity contribution < 1.29 is 9.18 Å². The summed E-state index contributed by atoms with van der Waals surface area (Å²) in [7, 11) is 0. The number of aryl methyl sites for hydroxylation is 1. The van der Waals surface area contributed by atoms with Crippen molar-refractivity contribution in [3.63, 3.8) is 0 Å². The van der Waals surface area contributed by atoms with Gasteiger partial charge in [0.05, 0.1) is 5.69 Å². The molecule has 0 spiro atoms. The quantitative estimate of drug-likeness (QED) is 0.458. The number of likely N-dealkylation sites (tertiary alicyclic amines) is 1. The van der Waals surface area contributed by atoms with Crippen LogP contribution in [-0.4, -0.2) is 43.5 Å². The fraction of sp³-hybridized carbons (Fsp3) is 0.259. The molecule has 0 N–H and O–H groups in total. The van der Waals surface area contributed by atoms with Crippen LogP contribution in [-0.2, 0) is 6.54 Å². The molecule has 4 heterocycles. The molecule has 0 unspecified atom stereocenters. The van der Waals surface area contributed by atoms with Crippen molar-refractivity contribution >= 4 is 5.91 Å². The lowest BCUT2D eigenvalue weighted by Crippen LogP contribution is -2.49. The first-order valence-corrected chi connectivity index (χ1v) is 11.8.